The minimum atomic E-state index is -0.101. The Morgan fingerprint density at radius 1 is 1.47 bits per heavy atom. The Labute approximate surface area is 122 Å². The van der Waals surface area contributed by atoms with E-state index in [1.165, 1.54) is 19.3 Å². The predicted octanol–water partition coefficient (Wildman–Crippen LogP) is 3.36. The van der Waals surface area contributed by atoms with Gasteiger partial charge in [0, 0.05) is 13.0 Å². The summed E-state index contributed by atoms with van der Waals surface area (Å²) in [6.07, 6.45) is 5.99. The molecule has 0 aliphatic heterocycles. The zero-order chi connectivity index (χ0) is 13.8. The second kappa shape index (κ2) is 6.66. The number of ether oxygens (including phenoxy) is 1. The molecular weight excluding hydrogens is 308 g/mol. The van der Waals surface area contributed by atoms with Crippen LogP contribution in [0.2, 0.25) is 0 Å². The molecular formula is C14H21BrN2O2. The van der Waals surface area contributed by atoms with Crippen LogP contribution in [0, 0.1) is 5.92 Å². The molecule has 1 N–H and O–H groups in total. The minimum Gasteiger partial charge on any atom is -0.378 e. The van der Waals surface area contributed by atoms with Gasteiger partial charge in [0.1, 0.15) is 10.3 Å². The Kier molecular flexibility index (Phi) is 5.16. The number of H-pyrrole nitrogens is 1. The van der Waals surface area contributed by atoms with E-state index in [-0.39, 0.29) is 5.56 Å². The molecule has 0 bridgehead atoms. The average Bonchev–Trinajstić information content (AvgIpc) is 2.44. The maximum Gasteiger partial charge on any atom is 0.265 e. The maximum atomic E-state index is 11.9. The van der Waals surface area contributed by atoms with E-state index in [2.05, 4.69) is 32.8 Å². The number of aromatic amines is 1. The number of aromatic nitrogens is 2. The minimum absolute atomic E-state index is 0.101. The van der Waals surface area contributed by atoms with Crippen molar-refractivity contribution < 1.29 is 4.74 Å². The Bertz CT molecular complexity index is 487. The molecule has 0 spiro atoms. The Morgan fingerprint density at radius 3 is 2.95 bits per heavy atom. The lowest BCUT2D eigenvalue weighted by molar-refractivity contribution is 0.180. The van der Waals surface area contributed by atoms with Crippen LogP contribution in [-0.4, -0.2) is 17.1 Å². The molecule has 0 amide bonds. The first kappa shape index (κ1) is 14.7. The number of methoxy groups -OCH3 is 1. The van der Waals surface area contributed by atoms with E-state index < -0.39 is 0 Å². The molecule has 106 valence electrons. The SMILES string of the molecule is CCC1CCCC(c2nc(COC)c(Br)c(=O)[nH]2)C1. The molecule has 0 saturated heterocycles. The van der Waals surface area contributed by atoms with Gasteiger partial charge >= 0.3 is 0 Å². The van der Waals surface area contributed by atoms with Crippen LogP contribution >= 0.6 is 15.9 Å². The van der Waals surface area contributed by atoms with E-state index in [1.807, 2.05) is 0 Å². The molecule has 5 heteroatoms. The molecule has 2 rings (SSSR count). The van der Waals surface area contributed by atoms with E-state index >= 15 is 0 Å². The van der Waals surface area contributed by atoms with E-state index in [9.17, 15) is 4.79 Å². The van der Waals surface area contributed by atoms with Crippen LogP contribution in [0.1, 0.15) is 56.5 Å². The van der Waals surface area contributed by atoms with Crippen LogP contribution in [0.15, 0.2) is 9.27 Å². The summed E-state index contributed by atoms with van der Waals surface area (Å²) in [6.45, 7) is 2.60. The quantitative estimate of drug-likeness (QED) is 0.921. The molecule has 1 aliphatic rings. The van der Waals surface area contributed by atoms with Crippen LogP contribution < -0.4 is 5.56 Å². The largest absolute Gasteiger partial charge is 0.378 e. The molecule has 0 aromatic carbocycles. The van der Waals surface area contributed by atoms with Crippen molar-refractivity contribution in [1.82, 2.24) is 9.97 Å². The van der Waals surface area contributed by atoms with Crippen molar-refractivity contribution in [3.63, 3.8) is 0 Å². The lowest BCUT2D eigenvalue weighted by Crippen LogP contribution is -2.22. The Hall–Kier alpha value is -0.680. The van der Waals surface area contributed by atoms with Crippen LogP contribution in [0.4, 0.5) is 0 Å². The lowest BCUT2D eigenvalue weighted by Gasteiger charge is -2.27. The van der Waals surface area contributed by atoms with Crippen molar-refractivity contribution >= 4 is 15.9 Å². The zero-order valence-electron chi connectivity index (χ0n) is 11.5. The van der Waals surface area contributed by atoms with Gasteiger partial charge in [-0.25, -0.2) is 4.98 Å². The lowest BCUT2D eigenvalue weighted by atomic mass is 9.80. The number of nitrogens with zero attached hydrogens (tertiary/aromatic N) is 1. The Balaban J connectivity index is 2.26. The first-order valence-electron chi connectivity index (χ1n) is 6.93. The average molecular weight is 329 g/mol. The van der Waals surface area contributed by atoms with Crippen LogP contribution in [0.3, 0.4) is 0 Å². The van der Waals surface area contributed by atoms with Gasteiger partial charge in [0.25, 0.3) is 5.56 Å². The third-order valence-corrected chi connectivity index (χ3v) is 4.80. The summed E-state index contributed by atoms with van der Waals surface area (Å²) in [4.78, 5) is 19.4. The predicted molar refractivity (Wildman–Crippen MR) is 78.3 cm³/mol. The molecule has 1 aromatic heterocycles. The van der Waals surface area contributed by atoms with Crippen molar-refractivity contribution in [2.45, 2.75) is 51.6 Å². The summed E-state index contributed by atoms with van der Waals surface area (Å²) >= 11 is 3.28. The number of nitrogens with one attached hydrogen (secondary N) is 1. The fourth-order valence-corrected chi connectivity index (χ4v) is 3.16. The number of hydrogen-bond acceptors (Lipinski definition) is 3. The third kappa shape index (κ3) is 3.45. The molecule has 4 nitrogen and oxygen atoms in total. The van der Waals surface area contributed by atoms with E-state index in [4.69, 9.17) is 4.74 Å². The van der Waals surface area contributed by atoms with Gasteiger partial charge < -0.3 is 9.72 Å². The summed E-state index contributed by atoms with van der Waals surface area (Å²) in [7, 11) is 1.61. The zero-order valence-corrected chi connectivity index (χ0v) is 13.1. The number of rotatable bonds is 4. The van der Waals surface area contributed by atoms with E-state index in [0.717, 1.165) is 24.6 Å². The van der Waals surface area contributed by atoms with Gasteiger partial charge in [-0.15, -0.1) is 0 Å². The highest BCUT2D eigenvalue weighted by Crippen LogP contribution is 2.36. The monoisotopic (exact) mass is 328 g/mol. The maximum absolute atomic E-state index is 11.9. The third-order valence-electron chi connectivity index (χ3n) is 3.98. The topological polar surface area (TPSA) is 55.0 Å². The van der Waals surface area contributed by atoms with E-state index in [0.29, 0.717) is 22.7 Å². The van der Waals surface area contributed by atoms with Crippen LogP contribution in [0.5, 0.6) is 0 Å². The highest BCUT2D eigenvalue weighted by atomic mass is 79.9. The standard InChI is InChI=1S/C14H21BrN2O2/c1-3-9-5-4-6-10(7-9)13-16-11(8-19-2)12(15)14(18)17-13/h9-10H,3-8H2,1-2H3,(H,16,17,18). The number of hydrogen-bond donors (Lipinski definition) is 1. The summed E-state index contributed by atoms with van der Waals surface area (Å²) in [5.41, 5.74) is 0.593. The molecule has 19 heavy (non-hydrogen) atoms. The van der Waals surface area contributed by atoms with Gasteiger partial charge in [-0.2, -0.15) is 0 Å². The van der Waals surface area contributed by atoms with Gasteiger partial charge in [0.2, 0.25) is 0 Å². The smallest absolute Gasteiger partial charge is 0.265 e. The normalized spacial score (nSPS) is 23.5. The molecule has 2 atom stereocenters. The van der Waals surface area contributed by atoms with Gasteiger partial charge in [0.15, 0.2) is 0 Å². The van der Waals surface area contributed by atoms with Crippen molar-refractivity contribution in [3.05, 3.63) is 26.3 Å². The van der Waals surface area contributed by atoms with Gasteiger partial charge in [-0.1, -0.05) is 26.2 Å². The summed E-state index contributed by atoms with van der Waals surface area (Å²) in [6, 6.07) is 0. The van der Waals surface area contributed by atoms with Gasteiger partial charge in [0.05, 0.1) is 12.3 Å². The van der Waals surface area contributed by atoms with Crippen molar-refractivity contribution in [2.75, 3.05) is 7.11 Å². The van der Waals surface area contributed by atoms with Crippen LogP contribution in [0.25, 0.3) is 0 Å². The summed E-state index contributed by atoms with van der Waals surface area (Å²) < 4.78 is 5.59. The summed E-state index contributed by atoms with van der Waals surface area (Å²) in [5, 5.41) is 0. The molecule has 1 aliphatic carbocycles. The second-order valence-corrected chi connectivity index (χ2v) is 6.08. The number of halogens is 1. The van der Waals surface area contributed by atoms with E-state index in [1.54, 1.807) is 7.11 Å². The first-order chi connectivity index (χ1) is 9.15. The molecule has 1 aromatic rings. The van der Waals surface area contributed by atoms with Crippen molar-refractivity contribution in [1.29, 1.82) is 0 Å². The fraction of sp³-hybridized carbons (Fsp3) is 0.714. The van der Waals surface area contributed by atoms with Gasteiger partial charge in [-0.05, 0) is 34.7 Å². The van der Waals surface area contributed by atoms with Crippen molar-refractivity contribution in [2.24, 2.45) is 5.92 Å². The molecule has 0 radical (unpaired) electrons. The van der Waals surface area contributed by atoms with Gasteiger partial charge in [-0.3, -0.25) is 4.79 Å². The second-order valence-electron chi connectivity index (χ2n) is 5.28. The molecule has 1 heterocycles. The molecule has 1 fully saturated rings. The Morgan fingerprint density at radius 2 is 2.26 bits per heavy atom. The summed E-state index contributed by atoms with van der Waals surface area (Å²) in [5.74, 6) is 1.98. The fourth-order valence-electron chi connectivity index (χ4n) is 2.86. The highest BCUT2D eigenvalue weighted by molar-refractivity contribution is 9.10. The van der Waals surface area contributed by atoms with Crippen molar-refractivity contribution in [3.8, 4) is 0 Å². The van der Waals surface area contributed by atoms with Crippen LogP contribution in [-0.2, 0) is 11.3 Å². The first-order valence-corrected chi connectivity index (χ1v) is 7.72. The molecule has 1 saturated carbocycles. The highest BCUT2D eigenvalue weighted by Gasteiger charge is 2.24. The molecule has 2 unspecified atom stereocenters.